The minimum Gasteiger partial charge on any atom is -0.435 e. The summed E-state index contributed by atoms with van der Waals surface area (Å²) < 4.78 is 30.1. The Labute approximate surface area is 170 Å². The van der Waals surface area contributed by atoms with Gasteiger partial charge in [-0.25, -0.2) is 0 Å². The van der Waals surface area contributed by atoms with Gasteiger partial charge in [0.05, 0.1) is 0 Å². The summed E-state index contributed by atoms with van der Waals surface area (Å²) in [6, 6.07) is 14.7. The van der Waals surface area contributed by atoms with Crippen LogP contribution in [0.2, 0.25) is 0 Å². The van der Waals surface area contributed by atoms with Gasteiger partial charge in [-0.3, -0.25) is 4.79 Å². The van der Waals surface area contributed by atoms with E-state index in [0.717, 1.165) is 24.9 Å². The average Bonchev–Trinajstić information content (AvgIpc) is 2.64. The van der Waals surface area contributed by atoms with Crippen LogP contribution in [0.15, 0.2) is 48.5 Å². The third-order valence-corrected chi connectivity index (χ3v) is 4.78. The fraction of sp³-hybridized carbons (Fsp3) is 0.381. The van der Waals surface area contributed by atoms with Gasteiger partial charge < -0.3 is 15.4 Å². The average molecular weight is 411 g/mol. The van der Waals surface area contributed by atoms with E-state index >= 15 is 0 Å². The minimum atomic E-state index is -2.89. The van der Waals surface area contributed by atoms with Gasteiger partial charge >= 0.3 is 6.61 Å². The number of rotatable bonds is 6. The van der Waals surface area contributed by atoms with Crippen LogP contribution in [0.4, 0.5) is 14.5 Å². The van der Waals surface area contributed by atoms with E-state index in [1.54, 1.807) is 12.1 Å². The second-order valence-electron chi connectivity index (χ2n) is 6.93. The minimum absolute atomic E-state index is 0. The van der Waals surface area contributed by atoms with Crippen molar-refractivity contribution in [3.8, 4) is 5.75 Å². The number of carbonyl (C=O) groups is 1. The summed E-state index contributed by atoms with van der Waals surface area (Å²) in [5.74, 6) is 0.0506. The van der Waals surface area contributed by atoms with Crippen molar-refractivity contribution in [2.45, 2.75) is 38.8 Å². The van der Waals surface area contributed by atoms with Gasteiger partial charge in [-0.1, -0.05) is 30.3 Å². The Morgan fingerprint density at radius 2 is 2.00 bits per heavy atom. The molecule has 152 valence electrons. The van der Waals surface area contributed by atoms with Gasteiger partial charge in [0, 0.05) is 29.6 Å². The van der Waals surface area contributed by atoms with Crippen molar-refractivity contribution >= 4 is 24.0 Å². The Hall–Kier alpha value is -2.18. The molecule has 2 N–H and O–H groups in total. The predicted molar refractivity (Wildman–Crippen MR) is 108 cm³/mol. The second kappa shape index (κ2) is 10.4. The summed E-state index contributed by atoms with van der Waals surface area (Å²) >= 11 is 0. The van der Waals surface area contributed by atoms with E-state index in [9.17, 15) is 13.6 Å². The summed E-state index contributed by atoms with van der Waals surface area (Å²) in [7, 11) is 0. The van der Waals surface area contributed by atoms with Crippen molar-refractivity contribution in [3.05, 3.63) is 59.7 Å². The van der Waals surface area contributed by atoms with E-state index in [-0.39, 0.29) is 30.0 Å². The van der Waals surface area contributed by atoms with Gasteiger partial charge in [0.2, 0.25) is 5.91 Å². The molecule has 1 heterocycles. The van der Waals surface area contributed by atoms with Gasteiger partial charge in [-0.15, -0.1) is 12.4 Å². The van der Waals surface area contributed by atoms with Gasteiger partial charge in [0.15, 0.2) is 0 Å². The summed E-state index contributed by atoms with van der Waals surface area (Å²) in [4.78, 5) is 12.6. The second-order valence-corrected chi connectivity index (χ2v) is 6.93. The van der Waals surface area contributed by atoms with Crippen LogP contribution in [-0.2, 0) is 11.2 Å². The van der Waals surface area contributed by atoms with Crippen molar-refractivity contribution in [1.82, 2.24) is 5.32 Å². The fourth-order valence-electron chi connectivity index (χ4n) is 3.44. The third kappa shape index (κ3) is 6.17. The van der Waals surface area contributed by atoms with Crippen LogP contribution in [0, 0.1) is 5.92 Å². The van der Waals surface area contributed by atoms with Crippen LogP contribution < -0.4 is 15.4 Å². The number of alkyl halides is 2. The van der Waals surface area contributed by atoms with E-state index < -0.39 is 6.61 Å². The molecule has 1 saturated heterocycles. The van der Waals surface area contributed by atoms with Crippen LogP contribution in [0.25, 0.3) is 0 Å². The van der Waals surface area contributed by atoms with E-state index in [4.69, 9.17) is 0 Å². The highest BCUT2D eigenvalue weighted by Crippen LogP contribution is 2.28. The predicted octanol–water partition coefficient (Wildman–Crippen LogP) is 4.63. The van der Waals surface area contributed by atoms with Crippen molar-refractivity contribution in [3.63, 3.8) is 0 Å². The van der Waals surface area contributed by atoms with Crippen LogP contribution in [0.3, 0.4) is 0 Å². The molecule has 4 nitrogen and oxygen atoms in total. The van der Waals surface area contributed by atoms with Crippen LogP contribution in [0.5, 0.6) is 5.75 Å². The largest absolute Gasteiger partial charge is 0.435 e. The first-order valence-corrected chi connectivity index (χ1v) is 9.17. The van der Waals surface area contributed by atoms with Gasteiger partial charge in [0.1, 0.15) is 5.75 Å². The molecule has 1 amide bonds. The van der Waals surface area contributed by atoms with Gasteiger partial charge in [-0.05, 0) is 50.1 Å². The van der Waals surface area contributed by atoms with Crippen molar-refractivity contribution in [2.75, 3.05) is 11.9 Å². The molecule has 0 saturated carbocycles. The van der Waals surface area contributed by atoms with Crippen LogP contribution in [-0.4, -0.2) is 25.1 Å². The molecule has 7 heteroatoms. The van der Waals surface area contributed by atoms with E-state index in [1.807, 2.05) is 30.3 Å². The Bertz CT molecular complexity index is 774. The maximum absolute atomic E-state index is 12.7. The lowest BCUT2D eigenvalue weighted by molar-refractivity contribution is -0.120. The number of halogens is 3. The van der Waals surface area contributed by atoms with Gasteiger partial charge in [-0.2, -0.15) is 8.78 Å². The molecule has 28 heavy (non-hydrogen) atoms. The molecule has 0 spiro atoms. The first kappa shape index (κ1) is 22.1. The van der Waals surface area contributed by atoms with E-state index in [2.05, 4.69) is 22.3 Å². The SMILES string of the molecule is C[C@H]1C[C@@H](C(=O)Nc2ccc(OC(F)F)c(Cc3ccccc3)c2)CCN1.Cl. The molecule has 3 rings (SSSR count). The lowest BCUT2D eigenvalue weighted by atomic mass is 9.92. The first-order chi connectivity index (χ1) is 13.0. The molecular formula is C21H25ClF2N2O2. The monoisotopic (exact) mass is 410 g/mol. The number of ether oxygens (including phenoxy) is 1. The molecule has 0 unspecified atom stereocenters. The Balaban J connectivity index is 0.00000280. The van der Waals surface area contributed by atoms with Crippen molar-refractivity contribution in [1.29, 1.82) is 0 Å². The fourth-order valence-corrected chi connectivity index (χ4v) is 3.44. The van der Waals surface area contributed by atoms with Crippen LogP contribution >= 0.6 is 12.4 Å². The Kier molecular flexibility index (Phi) is 8.20. The zero-order valence-corrected chi connectivity index (χ0v) is 16.5. The topological polar surface area (TPSA) is 50.4 Å². The number of amides is 1. The van der Waals surface area contributed by atoms with Crippen molar-refractivity contribution in [2.24, 2.45) is 5.92 Å². The normalized spacial score (nSPS) is 19.0. The molecule has 1 aliphatic heterocycles. The number of nitrogens with one attached hydrogen (secondary N) is 2. The molecule has 2 aromatic carbocycles. The molecule has 0 bridgehead atoms. The highest BCUT2D eigenvalue weighted by Gasteiger charge is 2.25. The number of carbonyl (C=O) groups excluding carboxylic acids is 1. The Morgan fingerprint density at radius 1 is 1.25 bits per heavy atom. The molecule has 0 aliphatic carbocycles. The molecular weight excluding hydrogens is 386 g/mol. The quantitative estimate of drug-likeness (QED) is 0.730. The maximum atomic E-state index is 12.7. The molecule has 1 fully saturated rings. The zero-order valence-electron chi connectivity index (χ0n) is 15.7. The number of piperidine rings is 1. The zero-order chi connectivity index (χ0) is 19.2. The third-order valence-electron chi connectivity index (χ3n) is 4.78. The molecule has 0 aromatic heterocycles. The smallest absolute Gasteiger partial charge is 0.387 e. The summed E-state index contributed by atoms with van der Waals surface area (Å²) in [6.45, 7) is -0.00992. The molecule has 2 aromatic rings. The summed E-state index contributed by atoms with van der Waals surface area (Å²) in [5, 5.41) is 6.25. The summed E-state index contributed by atoms with van der Waals surface area (Å²) in [6.07, 6.45) is 2.02. The highest BCUT2D eigenvalue weighted by atomic mass is 35.5. The summed E-state index contributed by atoms with van der Waals surface area (Å²) in [5.41, 5.74) is 2.18. The lowest BCUT2D eigenvalue weighted by Crippen LogP contribution is -2.40. The number of hydrogen-bond acceptors (Lipinski definition) is 3. The van der Waals surface area contributed by atoms with E-state index in [1.165, 1.54) is 6.07 Å². The van der Waals surface area contributed by atoms with Crippen LogP contribution in [0.1, 0.15) is 30.9 Å². The standard InChI is InChI=1S/C21H24F2N2O2.ClH/c1-14-11-16(9-10-24-14)20(26)25-18-7-8-19(27-21(22)23)17(13-18)12-15-5-3-2-4-6-15;/h2-8,13-14,16,21,24H,9-12H2,1H3,(H,25,26);1H/t14-,16-;/m0./s1. The van der Waals surface area contributed by atoms with E-state index in [0.29, 0.717) is 23.7 Å². The van der Waals surface area contributed by atoms with Crippen molar-refractivity contribution < 1.29 is 18.3 Å². The molecule has 1 aliphatic rings. The highest BCUT2D eigenvalue weighted by molar-refractivity contribution is 5.92. The lowest BCUT2D eigenvalue weighted by Gasteiger charge is -2.27. The van der Waals surface area contributed by atoms with Gasteiger partial charge in [0.25, 0.3) is 0 Å². The maximum Gasteiger partial charge on any atom is 0.387 e. The first-order valence-electron chi connectivity index (χ1n) is 9.17. The number of hydrogen-bond donors (Lipinski definition) is 2. The molecule has 0 radical (unpaired) electrons. The Morgan fingerprint density at radius 3 is 2.68 bits per heavy atom. The number of benzene rings is 2. The number of anilines is 1. The molecule has 2 atom stereocenters.